The minimum atomic E-state index is -0.212. The molecule has 0 saturated carbocycles. The van der Waals surface area contributed by atoms with Gasteiger partial charge >= 0.3 is 0 Å². The van der Waals surface area contributed by atoms with Crippen molar-refractivity contribution in [1.82, 2.24) is 0 Å². The number of para-hydroxylation sites is 1. The van der Waals surface area contributed by atoms with Crippen molar-refractivity contribution in [3.8, 4) is 0 Å². The largest absolute Gasteiger partial charge is 0.322 e. The van der Waals surface area contributed by atoms with Crippen LogP contribution in [0.1, 0.15) is 37.6 Å². The van der Waals surface area contributed by atoms with Crippen LogP contribution in [0.25, 0.3) is 0 Å². The lowest BCUT2D eigenvalue weighted by atomic mass is 10.1. The van der Waals surface area contributed by atoms with Crippen LogP contribution < -0.4 is 10.6 Å². The van der Waals surface area contributed by atoms with E-state index < -0.39 is 0 Å². The molecule has 4 rings (SSSR count). The molecule has 0 aliphatic heterocycles. The van der Waals surface area contributed by atoms with Crippen molar-refractivity contribution in [1.29, 1.82) is 0 Å². The molecule has 0 saturated heterocycles. The van der Waals surface area contributed by atoms with Gasteiger partial charge in [-0.3, -0.25) is 9.59 Å². The SMILES string of the molecule is O=C(Nc1sc2c(c1C(=O)Nc1ccccc1)CCC2)c1ccc(Br)cc1. The van der Waals surface area contributed by atoms with Gasteiger partial charge in [0.1, 0.15) is 5.00 Å². The van der Waals surface area contributed by atoms with Gasteiger partial charge in [0.2, 0.25) is 0 Å². The summed E-state index contributed by atoms with van der Waals surface area (Å²) in [6.45, 7) is 0. The number of benzene rings is 2. The van der Waals surface area contributed by atoms with E-state index >= 15 is 0 Å². The Morgan fingerprint density at radius 1 is 0.889 bits per heavy atom. The summed E-state index contributed by atoms with van der Waals surface area (Å²) in [7, 11) is 0. The third kappa shape index (κ3) is 3.82. The van der Waals surface area contributed by atoms with Crippen LogP contribution in [0.15, 0.2) is 59.1 Å². The molecule has 0 radical (unpaired) electrons. The van der Waals surface area contributed by atoms with Crippen molar-refractivity contribution >= 4 is 49.8 Å². The number of amides is 2. The van der Waals surface area contributed by atoms with Crippen molar-refractivity contribution in [2.45, 2.75) is 19.3 Å². The second-order valence-electron chi connectivity index (χ2n) is 6.34. The third-order valence-corrected chi connectivity index (χ3v) is 6.25. The van der Waals surface area contributed by atoms with Gasteiger partial charge in [-0.2, -0.15) is 0 Å². The van der Waals surface area contributed by atoms with E-state index in [9.17, 15) is 9.59 Å². The number of carbonyl (C=O) groups excluding carboxylic acids is 2. The van der Waals surface area contributed by atoms with Crippen molar-refractivity contribution in [3.05, 3.63) is 80.6 Å². The summed E-state index contributed by atoms with van der Waals surface area (Å²) in [5, 5.41) is 6.52. The van der Waals surface area contributed by atoms with Gasteiger partial charge in [0.25, 0.3) is 11.8 Å². The lowest BCUT2D eigenvalue weighted by molar-refractivity contribution is 0.102. The Bertz CT molecular complexity index is 997. The van der Waals surface area contributed by atoms with Crippen molar-refractivity contribution < 1.29 is 9.59 Å². The Hall–Kier alpha value is -2.44. The van der Waals surface area contributed by atoms with Crippen LogP contribution in [0, 0.1) is 0 Å². The number of halogens is 1. The van der Waals surface area contributed by atoms with Gasteiger partial charge in [0.05, 0.1) is 5.56 Å². The topological polar surface area (TPSA) is 58.2 Å². The van der Waals surface area contributed by atoms with Gasteiger partial charge in [-0.1, -0.05) is 34.1 Å². The molecule has 0 fully saturated rings. The van der Waals surface area contributed by atoms with Crippen molar-refractivity contribution in [2.24, 2.45) is 0 Å². The molecule has 0 atom stereocenters. The van der Waals surface area contributed by atoms with Gasteiger partial charge in [0, 0.05) is 20.6 Å². The van der Waals surface area contributed by atoms with Gasteiger partial charge in [-0.25, -0.2) is 0 Å². The zero-order valence-corrected chi connectivity index (χ0v) is 16.8. The standard InChI is InChI=1S/C21H17BrN2O2S/c22-14-11-9-13(10-12-14)19(25)24-21-18(16-7-4-8-17(16)27-21)20(26)23-15-5-2-1-3-6-15/h1-3,5-6,9-12H,4,7-8H2,(H,23,26)(H,24,25). The Morgan fingerprint density at radius 3 is 2.37 bits per heavy atom. The minimum absolute atomic E-state index is 0.174. The Kier molecular flexibility index (Phi) is 5.09. The highest BCUT2D eigenvalue weighted by atomic mass is 79.9. The molecule has 2 aromatic carbocycles. The van der Waals surface area contributed by atoms with Crippen LogP contribution in [-0.4, -0.2) is 11.8 Å². The molecular formula is C21H17BrN2O2S. The van der Waals surface area contributed by atoms with E-state index in [1.807, 2.05) is 42.5 Å². The maximum atomic E-state index is 13.0. The molecule has 27 heavy (non-hydrogen) atoms. The molecule has 3 aromatic rings. The molecule has 0 unspecified atom stereocenters. The third-order valence-electron chi connectivity index (χ3n) is 4.51. The van der Waals surface area contributed by atoms with Gasteiger partial charge in [0.15, 0.2) is 0 Å². The zero-order valence-electron chi connectivity index (χ0n) is 14.4. The number of aryl methyl sites for hydroxylation is 1. The molecule has 2 amide bonds. The van der Waals surface area contributed by atoms with Crippen molar-refractivity contribution in [3.63, 3.8) is 0 Å². The predicted octanol–water partition coefficient (Wildman–Crippen LogP) is 5.50. The Morgan fingerprint density at radius 2 is 1.63 bits per heavy atom. The Labute approximate surface area is 169 Å². The average molecular weight is 441 g/mol. The second-order valence-corrected chi connectivity index (χ2v) is 8.36. The van der Waals surface area contributed by atoms with E-state index in [1.54, 1.807) is 12.1 Å². The van der Waals surface area contributed by atoms with Crippen LogP contribution in [-0.2, 0) is 12.8 Å². The summed E-state index contributed by atoms with van der Waals surface area (Å²) in [5.74, 6) is -0.386. The van der Waals surface area contributed by atoms with Crippen LogP contribution in [0.2, 0.25) is 0 Å². The molecular weight excluding hydrogens is 424 g/mol. The fourth-order valence-corrected chi connectivity index (χ4v) is 4.77. The van der Waals surface area contributed by atoms with E-state index in [-0.39, 0.29) is 11.8 Å². The summed E-state index contributed by atoms with van der Waals surface area (Å²) in [5.41, 5.74) is 2.97. The number of hydrogen-bond donors (Lipinski definition) is 2. The van der Waals surface area contributed by atoms with Crippen LogP contribution in [0.3, 0.4) is 0 Å². The van der Waals surface area contributed by atoms with E-state index in [2.05, 4.69) is 26.6 Å². The molecule has 136 valence electrons. The highest BCUT2D eigenvalue weighted by molar-refractivity contribution is 9.10. The number of hydrogen-bond acceptors (Lipinski definition) is 3. The van der Waals surface area contributed by atoms with E-state index in [0.717, 1.165) is 35.0 Å². The fourth-order valence-electron chi connectivity index (χ4n) is 3.22. The first kappa shape index (κ1) is 17.9. The summed E-state index contributed by atoms with van der Waals surface area (Å²) < 4.78 is 0.914. The quantitative estimate of drug-likeness (QED) is 0.562. The molecule has 1 aliphatic carbocycles. The maximum Gasteiger partial charge on any atom is 0.258 e. The number of thiophene rings is 1. The summed E-state index contributed by atoms with van der Waals surface area (Å²) in [6.07, 6.45) is 2.88. The predicted molar refractivity (Wildman–Crippen MR) is 113 cm³/mol. The first-order valence-corrected chi connectivity index (χ1v) is 10.3. The first-order chi connectivity index (χ1) is 13.1. The molecule has 0 bridgehead atoms. The first-order valence-electron chi connectivity index (χ1n) is 8.69. The molecule has 4 nitrogen and oxygen atoms in total. The van der Waals surface area contributed by atoms with Crippen LogP contribution >= 0.6 is 27.3 Å². The lowest BCUT2D eigenvalue weighted by Gasteiger charge is -2.10. The second kappa shape index (κ2) is 7.66. The number of anilines is 2. The number of fused-ring (bicyclic) bond motifs is 1. The summed E-state index contributed by atoms with van der Waals surface area (Å²) >= 11 is 4.88. The Balaban J connectivity index is 1.62. The van der Waals surface area contributed by atoms with E-state index in [0.29, 0.717) is 16.1 Å². The van der Waals surface area contributed by atoms with Gasteiger partial charge < -0.3 is 10.6 Å². The molecule has 6 heteroatoms. The fraction of sp³-hybridized carbons (Fsp3) is 0.143. The average Bonchev–Trinajstić information content (AvgIpc) is 3.23. The maximum absolute atomic E-state index is 13.0. The monoisotopic (exact) mass is 440 g/mol. The van der Waals surface area contributed by atoms with E-state index in [4.69, 9.17) is 0 Å². The van der Waals surface area contributed by atoms with Crippen LogP contribution in [0.5, 0.6) is 0 Å². The summed E-state index contributed by atoms with van der Waals surface area (Å²) in [6, 6.07) is 16.5. The zero-order chi connectivity index (χ0) is 18.8. The molecule has 1 heterocycles. The minimum Gasteiger partial charge on any atom is -0.322 e. The normalized spacial score (nSPS) is 12.5. The molecule has 1 aromatic heterocycles. The van der Waals surface area contributed by atoms with Gasteiger partial charge in [-0.05, 0) is 61.2 Å². The highest BCUT2D eigenvalue weighted by Gasteiger charge is 2.27. The molecule has 1 aliphatic rings. The number of nitrogens with one attached hydrogen (secondary N) is 2. The molecule has 2 N–H and O–H groups in total. The summed E-state index contributed by atoms with van der Waals surface area (Å²) in [4.78, 5) is 26.8. The number of carbonyl (C=O) groups is 2. The highest BCUT2D eigenvalue weighted by Crippen LogP contribution is 2.39. The van der Waals surface area contributed by atoms with E-state index in [1.165, 1.54) is 16.2 Å². The van der Waals surface area contributed by atoms with Crippen molar-refractivity contribution in [2.75, 3.05) is 10.6 Å². The smallest absolute Gasteiger partial charge is 0.258 e. The molecule has 0 spiro atoms. The van der Waals surface area contributed by atoms with Gasteiger partial charge in [-0.15, -0.1) is 11.3 Å². The van der Waals surface area contributed by atoms with Crippen LogP contribution in [0.4, 0.5) is 10.7 Å². The lowest BCUT2D eigenvalue weighted by Crippen LogP contribution is -2.17. The number of rotatable bonds is 4.